The van der Waals surface area contributed by atoms with E-state index in [0.717, 1.165) is 0 Å². The van der Waals surface area contributed by atoms with Crippen LogP contribution in [-0.4, -0.2) is 24.6 Å². The van der Waals surface area contributed by atoms with E-state index in [1.54, 1.807) is 50.3 Å². The largest absolute Gasteiger partial charge is 0.0654 e. The van der Waals surface area contributed by atoms with E-state index >= 15 is 0 Å². The van der Waals surface area contributed by atoms with Crippen LogP contribution >= 0.6 is 7.26 Å². The van der Waals surface area contributed by atoms with Gasteiger partial charge in [0.2, 0.25) is 0 Å². The summed E-state index contributed by atoms with van der Waals surface area (Å²) in [5.41, 5.74) is 0. The number of hydrogen-bond acceptors (Lipinski definition) is 0. The molecule has 0 heterocycles. The lowest BCUT2D eigenvalue weighted by atomic mass is 10.0. The van der Waals surface area contributed by atoms with Crippen LogP contribution in [0.2, 0.25) is 0 Å². The van der Waals surface area contributed by atoms with Crippen molar-refractivity contribution in [1.82, 2.24) is 0 Å². The van der Waals surface area contributed by atoms with Gasteiger partial charge in [-0.05, 0) is 51.4 Å². The van der Waals surface area contributed by atoms with Gasteiger partial charge in [0.05, 0.1) is 24.6 Å². The Hall–Kier alpha value is 0.430. The van der Waals surface area contributed by atoms with Gasteiger partial charge in [0.25, 0.3) is 0 Å². The van der Waals surface area contributed by atoms with E-state index < -0.39 is 7.26 Å². The molecule has 66 heavy (non-hydrogen) atoms. The highest BCUT2D eigenvalue weighted by Gasteiger charge is 2.35. The fourth-order valence-electron chi connectivity index (χ4n) is 11.4. The average molecular weight is 947 g/mol. The quantitative estimate of drug-likeness (QED) is 0.0421. The van der Waals surface area contributed by atoms with E-state index in [0.29, 0.717) is 0 Å². The fourth-order valence-corrected chi connectivity index (χ4v) is 16.3. The predicted molar refractivity (Wildman–Crippen MR) is 312 cm³/mol. The molecule has 398 valence electrons. The molecule has 0 saturated carbocycles. The first-order chi connectivity index (χ1) is 32.7. The minimum Gasteiger partial charge on any atom is -0.0654 e. The van der Waals surface area contributed by atoms with Crippen LogP contribution in [0.25, 0.3) is 0 Å². The maximum atomic E-state index is 2.36. The van der Waals surface area contributed by atoms with E-state index in [9.17, 15) is 0 Å². The lowest BCUT2D eigenvalue weighted by molar-refractivity contribution is 0.530. The van der Waals surface area contributed by atoms with Crippen molar-refractivity contribution < 1.29 is 0 Å². The molecule has 0 radical (unpaired) electrons. The third kappa shape index (κ3) is 53.8. The second-order valence-electron chi connectivity index (χ2n) is 23.0. The molecule has 0 unspecified atom stereocenters. The fraction of sp³-hybridized carbons (Fsp3) is 1.00. The van der Waals surface area contributed by atoms with Crippen LogP contribution in [0.1, 0.15) is 394 Å². The second-order valence-corrected chi connectivity index (χ2v) is 27.4. The van der Waals surface area contributed by atoms with Crippen molar-refractivity contribution >= 4 is 7.26 Å². The normalized spacial score (nSPS) is 12.0. The van der Waals surface area contributed by atoms with E-state index in [1.807, 2.05) is 0 Å². The van der Waals surface area contributed by atoms with Crippen LogP contribution in [-0.2, 0) is 0 Å². The number of unbranched alkanes of at least 4 members (excludes halogenated alkanes) is 53. The summed E-state index contributed by atoms with van der Waals surface area (Å²) in [7, 11) is -0.831. The lowest BCUT2D eigenvalue weighted by Gasteiger charge is -2.28. The van der Waals surface area contributed by atoms with E-state index in [1.165, 1.54) is 340 Å². The molecule has 0 saturated heterocycles. The summed E-state index contributed by atoms with van der Waals surface area (Å²) in [6.45, 7) is 9.35. The monoisotopic (exact) mass is 946 g/mol. The molecule has 0 spiro atoms. The zero-order valence-electron chi connectivity index (χ0n) is 47.6. The molecule has 0 aliphatic carbocycles. The molecule has 0 aromatic rings. The predicted octanol–water partition coefficient (Wildman–Crippen LogP) is 25.3. The van der Waals surface area contributed by atoms with Crippen LogP contribution in [0, 0.1) is 0 Å². The topological polar surface area (TPSA) is 0 Å². The van der Waals surface area contributed by atoms with Gasteiger partial charge in [-0.15, -0.1) is 0 Å². The van der Waals surface area contributed by atoms with Crippen molar-refractivity contribution in [2.75, 3.05) is 24.6 Å². The van der Waals surface area contributed by atoms with E-state index in [2.05, 4.69) is 27.7 Å². The summed E-state index contributed by atoms with van der Waals surface area (Å²) in [5, 5.41) is 0. The summed E-state index contributed by atoms with van der Waals surface area (Å²) in [4.78, 5) is 0. The van der Waals surface area contributed by atoms with Gasteiger partial charge in [-0.1, -0.05) is 342 Å². The molecule has 0 atom stereocenters. The molecule has 0 N–H and O–H groups in total. The molecule has 0 amide bonds. The van der Waals surface area contributed by atoms with Crippen LogP contribution in [0.5, 0.6) is 0 Å². The zero-order chi connectivity index (χ0) is 47.6. The van der Waals surface area contributed by atoms with Crippen molar-refractivity contribution in [3.8, 4) is 0 Å². The summed E-state index contributed by atoms with van der Waals surface area (Å²) in [5.74, 6) is 0. The summed E-state index contributed by atoms with van der Waals surface area (Å²) in [6, 6.07) is 0. The first-order valence-corrected chi connectivity index (χ1v) is 35.1. The highest BCUT2D eigenvalue weighted by atomic mass is 31.2. The minimum absolute atomic E-state index is 0.831. The first kappa shape index (κ1) is 66.4. The summed E-state index contributed by atoms with van der Waals surface area (Å²) >= 11 is 0. The highest BCUT2D eigenvalue weighted by Crippen LogP contribution is 2.61. The Morgan fingerprint density at radius 1 is 0.121 bits per heavy atom. The standard InChI is InChI=1S/C65H134P/c1-5-9-13-17-21-25-28-31-34-37-40-43-47-51-55-59-63-66(62-58-54-50-46-24-20-16-12-8-4,64-60-56-52-48-44-41-38-35-32-29-26-22-18-14-10-6-2)65-61-57-53-49-45-42-39-36-33-30-27-23-19-15-11-7-3/h5-65H2,1-4H3/q+1. The molecule has 1 heteroatoms. The zero-order valence-corrected chi connectivity index (χ0v) is 48.5. The lowest BCUT2D eigenvalue weighted by Crippen LogP contribution is -2.13. The van der Waals surface area contributed by atoms with E-state index in [-0.39, 0.29) is 0 Å². The minimum atomic E-state index is -0.831. The maximum Gasteiger partial charge on any atom is 0.0594 e. The molecule has 0 aromatic carbocycles. The van der Waals surface area contributed by atoms with E-state index in [4.69, 9.17) is 0 Å². The Morgan fingerprint density at radius 3 is 0.318 bits per heavy atom. The number of hydrogen-bond donors (Lipinski definition) is 0. The molecule has 0 fully saturated rings. The van der Waals surface area contributed by atoms with Crippen LogP contribution in [0.3, 0.4) is 0 Å². The molecule has 0 aliphatic rings. The van der Waals surface area contributed by atoms with Gasteiger partial charge >= 0.3 is 0 Å². The van der Waals surface area contributed by atoms with Crippen molar-refractivity contribution in [1.29, 1.82) is 0 Å². The van der Waals surface area contributed by atoms with Gasteiger partial charge < -0.3 is 0 Å². The maximum absolute atomic E-state index is 2.36. The molecule has 0 aromatic heterocycles. The van der Waals surface area contributed by atoms with Crippen molar-refractivity contribution in [3.05, 3.63) is 0 Å². The van der Waals surface area contributed by atoms with Gasteiger partial charge in [0.15, 0.2) is 0 Å². The molecular weight excluding hydrogens is 812 g/mol. The van der Waals surface area contributed by atoms with Gasteiger partial charge in [-0.25, -0.2) is 0 Å². The van der Waals surface area contributed by atoms with Gasteiger partial charge in [-0.3, -0.25) is 0 Å². The SMILES string of the molecule is CCCCCCCCCCCCCCCCCC[P+](CCCCCCCCCCC)(CCCCCCCCCCCCCCCCCC)CCCCCCCCCCCCCCCCCC. The molecule has 0 nitrogen and oxygen atoms in total. The Labute approximate surface area is 423 Å². The Balaban J connectivity index is 4.83. The third-order valence-corrected chi connectivity index (χ3v) is 21.3. The highest BCUT2D eigenvalue weighted by molar-refractivity contribution is 7.75. The number of rotatable bonds is 61. The Kier molecular flexibility index (Phi) is 60.1. The van der Waals surface area contributed by atoms with Crippen molar-refractivity contribution in [2.45, 2.75) is 394 Å². The molecule has 0 rings (SSSR count). The molecular formula is C65H134P+. The Morgan fingerprint density at radius 2 is 0.212 bits per heavy atom. The van der Waals surface area contributed by atoms with Crippen LogP contribution < -0.4 is 0 Å². The first-order valence-electron chi connectivity index (χ1n) is 32.6. The van der Waals surface area contributed by atoms with Crippen molar-refractivity contribution in [2.24, 2.45) is 0 Å². The van der Waals surface area contributed by atoms with Crippen LogP contribution in [0.15, 0.2) is 0 Å². The van der Waals surface area contributed by atoms with Gasteiger partial charge in [0.1, 0.15) is 0 Å². The van der Waals surface area contributed by atoms with Gasteiger partial charge in [0, 0.05) is 7.26 Å². The van der Waals surface area contributed by atoms with Crippen LogP contribution in [0.4, 0.5) is 0 Å². The third-order valence-electron chi connectivity index (χ3n) is 16.2. The average Bonchev–Trinajstić information content (AvgIpc) is 3.33. The van der Waals surface area contributed by atoms with Gasteiger partial charge in [-0.2, -0.15) is 0 Å². The summed E-state index contributed by atoms with van der Waals surface area (Å²) < 4.78 is 0. The van der Waals surface area contributed by atoms with Crippen molar-refractivity contribution in [3.63, 3.8) is 0 Å². The Bertz CT molecular complexity index is 730. The smallest absolute Gasteiger partial charge is 0.0594 e. The molecule has 0 bridgehead atoms. The second kappa shape index (κ2) is 59.7. The summed E-state index contributed by atoms with van der Waals surface area (Å²) in [6.07, 6.45) is 91.8. The molecule has 0 aliphatic heterocycles.